The molecule has 0 fully saturated rings. The summed E-state index contributed by atoms with van der Waals surface area (Å²) in [5, 5.41) is 0. The van der Waals surface area contributed by atoms with Crippen molar-refractivity contribution in [1.82, 2.24) is 9.80 Å². The molecule has 0 aliphatic heterocycles. The third kappa shape index (κ3) is 26.4. The maximum atomic E-state index is 10.4. The van der Waals surface area contributed by atoms with Gasteiger partial charge < -0.3 is 11.5 Å². The molecule has 0 saturated heterocycles. The summed E-state index contributed by atoms with van der Waals surface area (Å²) in [7, 11) is 4.10. The van der Waals surface area contributed by atoms with Crippen LogP contribution < -0.4 is 11.5 Å². The molecule has 0 radical (unpaired) electrons. The Morgan fingerprint density at radius 1 is 0.654 bits per heavy atom. The zero-order chi connectivity index (χ0) is 25.6. The molecule has 0 rings (SSSR count). The molecule has 8 nitrogen and oxygen atoms in total. The van der Waals surface area contributed by atoms with Crippen molar-refractivity contribution >= 4 is 93.6 Å². The summed E-state index contributed by atoms with van der Waals surface area (Å²) >= 11 is 0. The van der Waals surface area contributed by atoms with Gasteiger partial charge in [-0.3, -0.25) is 29.0 Å². The van der Waals surface area contributed by atoms with E-state index >= 15 is 0 Å². The maximum Gasteiger partial charge on any atom is 0.216 e. The summed E-state index contributed by atoms with van der Waals surface area (Å²) < 4.78 is 57.6. The van der Waals surface area contributed by atoms with Gasteiger partial charge in [-0.15, -0.1) is 24.8 Å². The summed E-state index contributed by atoms with van der Waals surface area (Å²) in [6, 6.07) is 0. The summed E-state index contributed by atoms with van der Waals surface area (Å²) in [5.74, 6) is -0.303. The summed E-state index contributed by atoms with van der Waals surface area (Å²) in [5.41, 5.74) is 10.1. The minimum atomic E-state index is -2.21. The Morgan fingerprint density at radius 2 is 0.923 bits per heavy atom. The van der Waals surface area contributed by atoms with Crippen LogP contribution >= 0.6 is 68.0 Å². The molecule has 156 valence electrons. The largest absolute Gasteiger partial charge is 0.330 e. The molecule has 0 saturated carbocycles. The van der Waals surface area contributed by atoms with E-state index in [1.165, 1.54) is 21.6 Å². The second kappa shape index (κ2) is 29.9. The van der Waals surface area contributed by atoms with Crippen LogP contribution in [-0.4, -0.2) is 84.4 Å². The lowest BCUT2D eigenvalue weighted by Gasteiger charge is -2.09. The van der Waals surface area contributed by atoms with E-state index in [0.717, 1.165) is 21.6 Å². The number of nitrogens with zero attached hydrogens (tertiary/aromatic N) is 2. The minimum absolute atomic E-state index is 0. The highest BCUT2D eigenvalue weighted by atomic mass is 35.5. The van der Waals surface area contributed by atoms with Gasteiger partial charge in [0.05, 0.1) is 5.48 Å². The lowest BCUT2D eigenvalue weighted by Crippen LogP contribution is -2.23. The average Bonchev–Trinajstić information content (AvgIpc) is 2.63. The van der Waals surface area contributed by atoms with Crippen LogP contribution in [0, 0.1) is 0 Å². The standard InChI is InChI=1S/C8H12N2O4S2.C4H12N2S2.2ClH/c11-5-9(6-12)1-3-15-16-4-2-10(7-13)8-14;5-1-3-7-8-4-2-6;;/h5-8H,1-4H2;1-6H2;2*1H/i2*1D2,2D2;;. The second-order valence-electron chi connectivity index (χ2n) is 3.01. The first kappa shape index (κ1) is 18.2. The highest BCUT2D eigenvalue weighted by Crippen LogP contribution is 2.20. The van der Waals surface area contributed by atoms with Crippen LogP contribution in [0.5, 0.6) is 0 Å². The van der Waals surface area contributed by atoms with E-state index in [1.54, 1.807) is 0 Å². The third-order valence-electron chi connectivity index (χ3n) is 1.52. The Hall–Kier alpha value is 0.180. The van der Waals surface area contributed by atoms with Gasteiger partial charge in [0.25, 0.3) is 0 Å². The number of carbonyl (C=O) groups excluding carboxylic acids is 4. The SMILES string of the molecule is Cl.Cl.[2H]C([2H])(CSSCC([2H])([2H])N(C=O)C=O)N(C=O)C=O.[2H]C([2H])(N)CSSCC([2H])([2H])N. The van der Waals surface area contributed by atoms with Gasteiger partial charge in [0.1, 0.15) is 0 Å². The first-order valence-electron chi connectivity index (χ1n) is 9.90. The van der Waals surface area contributed by atoms with Gasteiger partial charge >= 0.3 is 0 Å². The van der Waals surface area contributed by atoms with Crippen LogP contribution in [0.2, 0.25) is 0 Å². The van der Waals surface area contributed by atoms with Crippen LogP contribution in [0.25, 0.3) is 0 Å². The zero-order valence-corrected chi connectivity index (χ0v) is 18.2. The molecule has 0 unspecified atom stereocenters. The fourth-order valence-corrected chi connectivity index (χ4v) is 3.23. The third-order valence-corrected chi connectivity index (χ3v) is 5.33. The lowest BCUT2D eigenvalue weighted by atomic mass is 10.7. The van der Waals surface area contributed by atoms with Gasteiger partial charge in [0, 0.05) is 54.5 Å². The number of halogens is 2. The van der Waals surface area contributed by atoms with Crippen molar-refractivity contribution in [2.75, 3.05) is 49.0 Å². The predicted octanol–water partition coefficient (Wildman–Crippen LogP) is 0.726. The zero-order valence-electron chi connectivity index (χ0n) is 21.3. The molecule has 26 heavy (non-hydrogen) atoms. The maximum absolute atomic E-state index is 10.4. The van der Waals surface area contributed by atoms with E-state index in [2.05, 4.69) is 0 Å². The molecular weight excluding hydrogens is 463 g/mol. The Balaban J connectivity index is -0.000000279. The molecule has 0 bridgehead atoms. The lowest BCUT2D eigenvalue weighted by molar-refractivity contribution is -0.130. The minimum Gasteiger partial charge on any atom is -0.330 e. The van der Waals surface area contributed by atoms with E-state index in [9.17, 15) is 19.2 Å². The molecule has 0 atom stereocenters. The smallest absolute Gasteiger partial charge is 0.216 e. The number of hydrogen-bond donors (Lipinski definition) is 2. The Labute approximate surface area is 193 Å². The quantitative estimate of drug-likeness (QED) is 0.179. The molecule has 0 aromatic carbocycles. The van der Waals surface area contributed by atoms with Gasteiger partial charge in [0.15, 0.2) is 0 Å². The predicted molar refractivity (Wildman–Crippen MR) is 120 cm³/mol. The normalized spacial score (nSPS) is 15.5. The molecule has 0 aromatic rings. The number of amides is 4. The molecule has 14 heteroatoms. The van der Waals surface area contributed by atoms with Crippen molar-refractivity contribution in [3.8, 4) is 0 Å². The van der Waals surface area contributed by atoms with Crippen LogP contribution in [0.1, 0.15) is 11.0 Å². The Kier molecular flexibility index (Phi) is 21.0. The molecule has 0 aliphatic rings. The second-order valence-corrected chi connectivity index (χ2v) is 7.94. The van der Waals surface area contributed by atoms with Crippen LogP contribution in [-0.2, 0) is 19.2 Å². The number of imide groups is 2. The molecule has 0 aliphatic carbocycles. The first-order valence-corrected chi connectivity index (χ1v) is 10.9. The van der Waals surface area contributed by atoms with Gasteiger partial charge in [-0.05, 0) is 0 Å². The molecule has 0 heterocycles. The topological polar surface area (TPSA) is 127 Å². The first-order chi connectivity index (χ1) is 14.5. The molecule has 4 N–H and O–H groups in total. The Morgan fingerprint density at radius 3 is 1.15 bits per heavy atom. The molecule has 0 aromatic heterocycles. The van der Waals surface area contributed by atoms with Gasteiger partial charge in [-0.25, -0.2) is 0 Å². The van der Waals surface area contributed by atoms with Crippen molar-refractivity contribution in [2.24, 2.45) is 11.5 Å². The number of hydrogen-bond acceptors (Lipinski definition) is 10. The van der Waals surface area contributed by atoms with Crippen molar-refractivity contribution < 1.29 is 30.1 Å². The number of nitrogens with two attached hydrogens (primary N) is 2. The summed E-state index contributed by atoms with van der Waals surface area (Å²) in [4.78, 5) is 42.4. The summed E-state index contributed by atoms with van der Waals surface area (Å²) in [6.45, 7) is -7.80. The fourth-order valence-electron chi connectivity index (χ4n) is 0.635. The molecule has 0 spiro atoms. The van der Waals surface area contributed by atoms with Crippen LogP contribution in [0.15, 0.2) is 0 Å². The van der Waals surface area contributed by atoms with Gasteiger partial charge in [-0.2, -0.15) is 0 Å². The van der Waals surface area contributed by atoms with Crippen LogP contribution in [0.4, 0.5) is 0 Å². The highest BCUT2D eigenvalue weighted by molar-refractivity contribution is 8.77. The molecule has 4 amide bonds. The van der Waals surface area contributed by atoms with E-state index < -0.39 is 26.0 Å². The average molecular weight is 498 g/mol. The van der Waals surface area contributed by atoms with Crippen molar-refractivity contribution in [2.45, 2.75) is 0 Å². The van der Waals surface area contributed by atoms with Gasteiger partial charge in [-0.1, -0.05) is 43.2 Å². The fraction of sp³-hybridized carbons (Fsp3) is 0.667. The monoisotopic (exact) mass is 496 g/mol. The number of carbonyl (C=O) groups is 4. The Bertz CT molecular complexity index is 543. The van der Waals surface area contributed by atoms with Crippen LogP contribution in [0.3, 0.4) is 0 Å². The van der Waals surface area contributed by atoms with E-state index in [0.29, 0.717) is 9.80 Å². The van der Waals surface area contributed by atoms with Crippen molar-refractivity contribution in [3.05, 3.63) is 0 Å². The molecular formula is C12H26Cl2N4O4S4. The van der Waals surface area contributed by atoms with E-state index in [-0.39, 0.29) is 73.5 Å². The number of rotatable bonds is 16. The van der Waals surface area contributed by atoms with E-state index in [4.69, 9.17) is 22.4 Å². The van der Waals surface area contributed by atoms with Gasteiger partial charge in [0.2, 0.25) is 25.6 Å². The highest BCUT2D eigenvalue weighted by Gasteiger charge is 2.00. The van der Waals surface area contributed by atoms with Crippen molar-refractivity contribution in [3.63, 3.8) is 0 Å². The van der Waals surface area contributed by atoms with Crippen molar-refractivity contribution in [1.29, 1.82) is 0 Å². The summed E-state index contributed by atoms with van der Waals surface area (Å²) in [6.07, 6.45) is 0.214. The van der Waals surface area contributed by atoms with E-state index in [1.807, 2.05) is 0 Å².